The van der Waals surface area contributed by atoms with Crippen molar-refractivity contribution in [2.24, 2.45) is 0 Å². The molecule has 1 aliphatic rings. The molecule has 27 heavy (non-hydrogen) atoms. The van der Waals surface area contributed by atoms with E-state index in [-0.39, 0.29) is 5.91 Å². The Hall–Kier alpha value is -2.48. The van der Waals surface area contributed by atoms with Crippen molar-refractivity contribution in [2.45, 2.75) is 26.7 Å². The second-order valence-corrected chi connectivity index (χ2v) is 7.14. The van der Waals surface area contributed by atoms with Crippen LogP contribution in [0.5, 0.6) is 0 Å². The van der Waals surface area contributed by atoms with Gasteiger partial charge >= 0.3 is 0 Å². The molecule has 146 valence electrons. The van der Waals surface area contributed by atoms with Gasteiger partial charge in [0.05, 0.1) is 12.2 Å². The lowest BCUT2D eigenvalue weighted by atomic mass is 10.1. The third-order valence-electron chi connectivity index (χ3n) is 5.19. The van der Waals surface area contributed by atoms with E-state index < -0.39 is 0 Å². The highest BCUT2D eigenvalue weighted by Gasteiger charge is 2.21. The molecule has 3 heterocycles. The number of nitrogens with zero attached hydrogens (tertiary/aromatic N) is 6. The molecular weight excluding hydrogens is 342 g/mol. The van der Waals surface area contributed by atoms with E-state index in [0.29, 0.717) is 6.54 Å². The van der Waals surface area contributed by atoms with Gasteiger partial charge in [-0.05, 0) is 38.3 Å². The fourth-order valence-electron chi connectivity index (χ4n) is 3.43. The first-order valence-corrected chi connectivity index (χ1v) is 9.53. The summed E-state index contributed by atoms with van der Waals surface area (Å²) >= 11 is 0. The maximum absolute atomic E-state index is 12.5. The van der Waals surface area contributed by atoms with E-state index in [0.717, 1.165) is 62.9 Å². The van der Waals surface area contributed by atoms with Crippen LogP contribution in [0.4, 0.5) is 5.95 Å². The summed E-state index contributed by atoms with van der Waals surface area (Å²) in [6.07, 6.45) is 5.42. The number of aryl methyl sites for hydroxylation is 2. The molecule has 0 unspecified atom stereocenters. The molecule has 0 spiro atoms. The van der Waals surface area contributed by atoms with E-state index in [1.54, 1.807) is 12.4 Å². The summed E-state index contributed by atoms with van der Waals surface area (Å²) in [6.45, 7) is 8.71. The number of carbonyl (C=O) groups excluding carboxylic acids is 1. The third-order valence-corrected chi connectivity index (χ3v) is 5.19. The van der Waals surface area contributed by atoms with Crippen LogP contribution in [0.3, 0.4) is 0 Å². The van der Waals surface area contributed by atoms with E-state index in [9.17, 15) is 4.79 Å². The number of nitrogens with one attached hydrogen (secondary N) is 1. The lowest BCUT2D eigenvalue weighted by Crippen LogP contribution is -2.50. The molecule has 0 radical (unpaired) electrons. The summed E-state index contributed by atoms with van der Waals surface area (Å²) in [5, 5.41) is 7.25. The van der Waals surface area contributed by atoms with E-state index in [2.05, 4.69) is 30.0 Å². The van der Waals surface area contributed by atoms with Crippen LogP contribution in [0.15, 0.2) is 18.5 Å². The van der Waals surface area contributed by atoms with Crippen LogP contribution in [0.25, 0.3) is 0 Å². The van der Waals surface area contributed by atoms with Crippen LogP contribution in [-0.2, 0) is 11.2 Å². The van der Waals surface area contributed by atoms with Crippen molar-refractivity contribution in [3.05, 3.63) is 35.4 Å². The molecule has 0 atom stereocenters. The lowest BCUT2D eigenvalue weighted by Gasteiger charge is -2.34. The van der Waals surface area contributed by atoms with Crippen LogP contribution in [0.2, 0.25) is 0 Å². The Morgan fingerprint density at radius 1 is 1.19 bits per heavy atom. The Morgan fingerprint density at radius 2 is 1.89 bits per heavy atom. The van der Waals surface area contributed by atoms with Crippen molar-refractivity contribution in [1.82, 2.24) is 30.0 Å². The maximum Gasteiger partial charge on any atom is 0.236 e. The van der Waals surface area contributed by atoms with E-state index in [1.807, 2.05) is 31.9 Å². The minimum Gasteiger partial charge on any atom is -0.345 e. The summed E-state index contributed by atoms with van der Waals surface area (Å²) < 4.78 is 0. The molecular formula is C19H29N7O. The molecule has 0 saturated carbocycles. The zero-order valence-electron chi connectivity index (χ0n) is 16.5. The fraction of sp³-hybridized carbons (Fsp3) is 0.579. The Labute approximate surface area is 160 Å². The second-order valence-electron chi connectivity index (χ2n) is 7.14. The summed E-state index contributed by atoms with van der Waals surface area (Å²) in [4.78, 5) is 27.3. The monoisotopic (exact) mass is 371 g/mol. The van der Waals surface area contributed by atoms with Crippen molar-refractivity contribution in [1.29, 1.82) is 0 Å². The summed E-state index contributed by atoms with van der Waals surface area (Å²) in [5.41, 5.74) is 3.46. The number of hydrogen-bond acceptors (Lipinski definition) is 6. The number of H-pyrrole nitrogens is 1. The highest BCUT2D eigenvalue weighted by Crippen LogP contribution is 2.12. The average molecular weight is 371 g/mol. The van der Waals surface area contributed by atoms with Gasteiger partial charge in [0.15, 0.2) is 0 Å². The van der Waals surface area contributed by atoms with Gasteiger partial charge in [-0.2, -0.15) is 5.10 Å². The minimum absolute atomic E-state index is 0.181. The molecule has 1 N–H and O–H groups in total. The minimum atomic E-state index is 0.181. The first-order chi connectivity index (χ1) is 13.0. The molecule has 3 rings (SSSR count). The number of aromatic nitrogens is 4. The van der Waals surface area contributed by atoms with Gasteiger partial charge in [-0.15, -0.1) is 0 Å². The van der Waals surface area contributed by atoms with Gasteiger partial charge in [0, 0.05) is 57.9 Å². The van der Waals surface area contributed by atoms with Crippen LogP contribution in [0.1, 0.15) is 23.4 Å². The first kappa shape index (κ1) is 19.3. The number of hydrogen-bond donors (Lipinski definition) is 1. The lowest BCUT2D eigenvalue weighted by molar-refractivity contribution is -0.131. The molecule has 0 aromatic carbocycles. The van der Waals surface area contributed by atoms with Crippen LogP contribution < -0.4 is 4.90 Å². The molecule has 2 aromatic heterocycles. The normalized spacial score (nSPS) is 15.1. The highest BCUT2D eigenvalue weighted by atomic mass is 16.2. The maximum atomic E-state index is 12.5. The van der Waals surface area contributed by atoms with Gasteiger partial charge in [0.2, 0.25) is 11.9 Å². The van der Waals surface area contributed by atoms with Crippen molar-refractivity contribution >= 4 is 11.9 Å². The Bertz CT molecular complexity index is 718. The zero-order chi connectivity index (χ0) is 19.2. The number of anilines is 1. The van der Waals surface area contributed by atoms with Crippen molar-refractivity contribution in [3.63, 3.8) is 0 Å². The highest BCUT2D eigenvalue weighted by molar-refractivity contribution is 5.78. The van der Waals surface area contributed by atoms with Gasteiger partial charge in [0.25, 0.3) is 0 Å². The van der Waals surface area contributed by atoms with Crippen molar-refractivity contribution in [3.8, 4) is 0 Å². The van der Waals surface area contributed by atoms with Crippen LogP contribution in [0, 0.1) is 13.8 Å². The Morgan fingerprint density at radius 3 is 2.52 bits per heavy atom. The molecule has 1 amide bonds. The van der Waals surface area contributed by atoms with E-state index in [4.69, 9.17) is 0 Å². The second kappa shape index (κ2) is 8.94. The molecule has 1 fully saturated rings. The molecule has 1 aliphatic heterocycles. The Kier molecular flexibility index (Phi) is 6.39. The van der Waals surface area contributed by atoms with Gasteiger partial charge in [-0.3, -0.25) is 14.8 Å². The first-order valence-electron chi connectivity index (χ1n) is 9.53. The number of aromatic amines is 1. The van der Waals surface area contributed by atoms with Gasteiger partial charge < -0.3 is 9.80 Å². The largest absolute Gasteiger partial charge is 0.345 e. The van der Waals surface area contributed by atoms with E-state index >= 15 is 0 Å². The van der Waals surface area contributed by atoms with Gasteiger partial charge in [-0.1, -0.05) is 0 Å². The van der Waals surface area contributed by atoms with Crippen molar-refractivity contribution < 1.29 is 4.79 Å². The average Bonchev–Trinajstić information content (AvgIpc) is 3.01. The molecule has 2 aromatic rings. The van der Waals surface area contributed by atoms with Gasteiger partial charge in [-0.25, -0.2) is 9.97 Å². The molecule has 1 saturated heterocycles. The van der Waals surface area contributed by atoms with Crippen LogP contribution in [-0.4, -0.2) is 82.2 Å². The summed E-state index contributed by atoms with van der Waals surface area (Å²) in [5.74, 6) is 0.950. The van der Waals surface area contributed by atoms with Gasteiger partial charge in [0.1, 0.15) is 0 Å². The zero-order valence-corrected chi connectivity index (χ0v) is 16.5. The number of likely N-dealkylation sites (N-methyl/N-ethyl adjacent to an activating group) is 1. The molecule has 8 nitrogen and oxygen atoms in total. The Balaban J connectivity index is 1.39. The quantitative estimate of drug-likeness (QED) is 0.783. The number of rotatable bonds is 7. The standard InChI is InChI=1S/C19H29N7O/c1-15-17(16(2)23-22-15)6-4-9-24(3)18(27)14-25-10-12-26(13-11-25)19-20-7-5-8-21-19/h5,7-8H,4,6,9-14H2,1-3H3,(H,22,23). The number of amides is 1. The summed E-state index contributed by atoms with van der Waals surface area (Å²) in [6, 6.07) is 1.82. The number of piperazine rings is 1. The van der Waals surface area contributed by atoms with E-state index in [1.165, 1.54) is 5.56 Å². The topological polar surface area (TPSA) is 81.3 Å². The third kappa shape index (κ3) is 5.03. The molecule has 8 heteroatoms. The SMILES string of the molecule is Cc1n[nH]c(C)c1CCCN(C)C(=O)CN1CCN(c2ncccn2)CC1. The smallest absolute Gasteiger partial charge is 0.236 e. The summed E-state index contributed by atoms with van der Waals surface area (Å²) in [7, 11) is 1.89. The van der Waals surface area contributed by atoms with Crippen LogP contribution >= 0.6 is 0 Å². The number of carbonyl (C=O) groups is 1. The molecule has 0 bridgehead atoms. The predicted octanol–water partition coefficient (Wildman–Crippen LogP) is 1.03. The predicted molar refractivity (Wildman–Crippen MR) is 105 cm³/mol. The molecule has 0 aliphatic carbocycles. The fourth-order valence-corrected chi connectivity index (χ4v) is 3.43. The van der Waals surface area contributed by atoms with Crippen molar-refractivity contribution in [2.75, 3.05) is 51.2 Å².